The van der Waals surface area contributed by atoms with Crippen LogP contribution in [0.2, 0.25) is 0 Å². The third kappa shape index (κ3) is 2.85. The zero-order chi connectivity index (χ0) is 16.3. The Morgan fingerprint density at radius 2 is 1.73 bits per heavy atom. The number of nitrogens with zero attached hydrogens (tertiary/aromatic N) is 2. The monoisotopic (exact) mass is 366 g/mol. The fraction of sp³-hybridized carbons (Fsp3) is 0.133. The number of carbonyl (C=O) groups excluding carboxylic acids is 1. The molecule has 2 rings (SSSR count). The van der Waals surface area contributed by atoms with E-state index in [0.717, 1.165) is 9.37 Å². The molecular formula is C15H12BrFN2O3. The molecule has 0 aromatic heterocycles. The van der Waals surface area contributed by atoms with Gasteiger partial charge in [-0.15, -0.1) is 0 Å². The second kappa shape index (κ2) is 6.23. The van der Waals surface area contributed by atoms with Crippen molar-refractivity contribution in [2.24, 2.45) is 0 Å². The van der Waals surface area contributed by atoms with E-state index in [2.05, 4.69) is 15.9 Å². The van der Waals surface area contributed by atoms with Gasteiger partial charge in [-0.1, -0.05) is 34.1 Å². The SMILES string of the molecule is CN(C(=O)[C@@](F)(c1ccccc1)[N+](=O)[O-])c1ccc(Br)cc1. The first kappa shape index (κ1) is 16.1. The summed E-state index contributed by atoms with van der Waals surface area (Å²) in [5.74, 6) is -4.59. The Labute approximate surface area is 134 Å². The van der Waals surface area contributed by atoms with Crippen molar-refractivity contribution in [2.45, 2.75) is 5.79 Å². The molecule has 2 aromatic carbocycles. The van der Waals surface area contributed by atoms with Gasteiger partial charge in [-0.2, -0.15) is 4.39 Å². The molecule has 0 bridgehead atoms. The number of likely N-dealkylation sites (N-methyl/N-ethyl adjacent to an activating group) is 1. The molecule has 0 aliphatic carbocycles. The number of anilines is 1. The van der Waals surface area contributed by atoms with Gasteiger partial charge in [0.05, 0.1) is 10.5 Å². The smallest absolute Gasteiger partial charge is 0.306 e. The zero-order valence-corrected chi connectivity index (χ0v) is 13.2. The van der Waals surface area contributed by atoms with E-state index in [1.807, 2.05) is 0 Å². The highest BCUT2D eigenvalue weighted by molar-refractivity contribution is 9.10. The van der Waals surface area contributed by atoms with E-state index < -0.39 is 16.6 Å². The summed E-state index contributed by atoms with van der Waals surface area (Å²) in [6.45, 7) is 0. The first-order valence-electron chi connectivity index (χ1n) is 6.30. The molecule has 1 atom stereocenters. The van der Waals surface area contributed by atoms with Crippen LogP contribution in [0.4, 0.5) is 10.1 Å². The topological polar surface area (TPSA) is 63.5 Å². The standard InChI is InChI=1S/C15H12BrFN2O3/c1-18(13-9-7-12(16)8-10-13)14(20)15(17,19(21)22)11-5-3-2-4-6-11/h2-10H,1H3/t15-/m1/s1. The summed E-state index contributed by atoms with van der Waals surface area (Å²) in [5, 5.41) is 11.2. The van der Waals surface area contributed by atoms with Gasteiger partial charge in [-0.3, -0.25) is 14.9 Å². The summed E-state index contributed by atoms with van der Waals surface area (Å²) in [7, 11) is 1.30. The fourth-order valence-electron chi connectivity index (χ4n) is 1.97. The Balaban J connectivity index is 2.43. The van der Waals surface area contributed by atoms with Crippen molar-refractivity contribution >= 4 is 27.5 Å². The average Bonchev–Trinajstić information content (AvgIpc) is 2.54. The summed E-state index contributed by atoms with van der Waals surface area (Å²) in [5.41, 5.74) is 0.0435. The van der Waals surface area contributed by atoms with Crippen molar-refractivity contribution in [3.05, 3.63) is 74.7 Å². The summed E-state index contributed by atoms with van der Waals surface area (Å²) >= 11 is 3.25. The molecule has 0 N–H and O–H groups in total. The van der Waals surface area contributed by atoms with Crippen molar-refractivity contribution in [1.29, 1.82) is 0 Å². The van der Waals surface area contributed by atoms with E-state index in [0.29, 0.717) is 5.69 Å². The van der Waals surface area contributed by atoms with Crippen molar-refractivity contribution in [2.75, 3.05) is 11.9 Å². The lowest BCUT2D eigenvalue weighted by atomic mass is 10.0. The number of hydrogen-bond donors (Lipinski definition) is 0. The van der Waals surface area contributed by atoms with Crippen LogP contribution in [0.25, 0.3) is 0 Å². The quantitative estimate of drug-likeness (QED) is 0.472. The van der Waals surface area contributed by atoms with Crippen LogP contribution in [0, 0.1) is 10.1 Å². The van der Waals surface area contributed by atoms with Crippen LogP contribution < -0.4 is 4.90 Å². The maximum absolute atomic E-state index is 15.0. The summed E-state index contributed by atoms with van der Waals surface area (Å²) < 4.78 is 15.7. The molecule has 1 amide bonds. The highest BCUT2D eigenvalue weighted by Gasteiger charge is 2.55. The normalized spacial score (nSPS) is 13.2. The molecule has 0 aliphatic rings. The van der Waals surface area contributed by atoms with Gasteiger partial charge in [0.2, 0.25) is 0 Å². The number of rotatable bonds is 4. The molecule has 114 valence electrons. The Morgan fingerprint density at radius 3 is 2.23 bits per heavy atom. The van der Waals surface area contributed by atoms with Crippen molar-refractivity contribution < 1.29 is 14.1 Å². The highest BCUT2D eigenvalue weighted by Crippen LogP contribution is 2.31. The summed E-state index contributed by atoms with van der Waals surface area (Å²) in [6, 6.07) is 13.4. The van der Waals surface area contributed by atoms with Crippen molar-refractivity contribution in [3.63, 3.8) is 0 Å². The molecular weight excluding hydrogens is 355 g/mol. The van der Waals surface area contributed by atoms with Gasteiger partial charge in [0.15, 0.2) is 0 Å². The minimum atomic E-state index is -3.33. The molecule has 0 saturated heterocycles. The Hall–Kier alpha value is -2.28. The molecule has 0 saturated carbocycles. The molecule has 0 heterocycles. The number of nitro groups is 1. The van der Waals surface area contributed by atoms with Gasteiger partial charge < -0.3 is 4.90 Å². The lowest BCUT2D eigenvalue weighted by molar-refractivity contribution is -0.595. The van der Waals surface area contributed by atoms with Gasteiger partial charge in [-0.05, 0) is 36.4 Å². The Bertz CT molecular complexity index is 694. The highest BCUT2D eigenvalue weighted by atomic mass is 79.9. The third-order valence-corrected chi connectivity index (χ3v) is 3.74. The molecule has 22 heavy (non-hydrogen) atoms. The predicted octanol–water partition coefficient (Wildman–Crippen LogP) is 3.51. The van der Waals surface area contributed by atoms with Crippen LogP contribution in [0.3, 0.4) is 0 Å². The number of carbonyl (C=O) groups is 1. The van der Waals surface area contributed by atoms with Crippen LogP contribution in [-0.2, 0) is 10.6 Å². The number of hydrogen-bond acceptors (Lipinski definition) is 3. The van der Waals surface area contributed by atoms with E-state index in [-0.39, 0.29) is 5.56 Å². The first-order valence-corrected chi connectivity index (χ1v) is 7.09. The third-order valence-electron chi connectivity index (χ3n) is 3.21. The lowest BCUT2D eigenvalue weighted by Crippen LogP contribution is -2.47. The van der Waals surface area contributed by atoms with E-state index in [1.165, 1.54) is 31.3 Å². The number of amides is 1. The minimum absolute atomic E-state index is 0.311. The second-order valence-electron chi connectivity index (χ2n) is 4.59. The fourth-order valence-corrected chi connectivity index (χ4v) is 2.23. The zero-order valence-electron chi connectivity index (χ0n) is 11.6. The van der Waals surface area contributed by atoms with E-state index >= 15 is 0 Å². The molecule has 0 unspecified atom stereocenters. The van der Waals surface area contributed by atoms with Gasteiger partial charge in [-0.25, -0.2) is 0 Å². The van der Waals surface area contributed by atoms with Crippen LogP contribution in [-0.4, -0.2) is 17.9 Å². The predicted molar refractivity (Wildman–Crippen MR) is 83.8 cm³/mol. The lowest BCUT2D eigenvalue weighted by Gasteiger charge is -2.23. The summed E-state index contributed by atoms with van der Waals surface area (Å²) in [6.07, 6.45) is 0. The number of benzene rings is 2. The number of alkyl halides is 1. The van der Waals surface area contributed by atoms with Gasteiger partial charge >= 0.3 is 11.7 Å². The van der Waals surface area contributed by atoms with Gasteiger partial charge in [0, 0.05) is 17.2 Å². The van der Waals surface area contributed by atoms with Crippen LogP contribution in [0.1, 0.15) is 5.56 Å². The van der Waals surface area contributed by atoms with Gasteiger partial charge in [0.25, 0.3) is 0 Å². The Morgan fingerprint density at radius 1 is 1.18 bits per heavy atom. The molecule has 0 aliphatic heterocycles. The minimum Gasteiger partial charge on any atom is -0.306 e. The molecule has 0 radical (unpaired) electrons. The van der Waals surface area contributed by atoms with Crippen LogP contribution >= 0.6 is 15.9 Å². The first-order chi connectivity index (χ1) is 10.4. The van der Waals surface area contributed by atoms with Gasteiger partial charge in [0.1, 0.15) is 0 Å². The van der Waals surface area contributed by atoms with E-state index in [1.54, 1.807) is 30.3 Å². The van der Waals surface area contributed by atoms with Crippen LogP contribution in [0.5, 0.6) is 0 Å². The molecule has 0 spiro atoms. The van der Waals surface area contributed by atoms with E-state index in [4.69, 9.17) is 0 Å². The molecule has 5 nitrogen and oxygen atoms in total. The van der Waals surface area contributed by atoms with Crippen LogP contribution in [0.15, 0.2) is 59.1 Å². The molecule has 0 fully saturated rings. The maximum atomic E-state index is 15.0. The Kier molecular flexibility index (Phi) is 4.56. The molecule has 7 heteroatoms. The van der Waals surface area contributed by atoms with E-state index in [9.17, 15) is 19.3 Å². The maximum Gasteiger partial charge on any atom is 0.463 e. The molecule has 2 aromatic rings. The van der Waals surface area contributed by atoms with Crippen molar-refractivity contribution in [1.82, 2.24) is 0 Å². The summed E-state index contributed by atoms with van der Waals surface area (Å²) in [4.78, 5) is 23.3. The average molecular weight is 367 g/mol. The number of halogens is 2. The van der Waals surface area contributed by atoms with Crippen molar-refractivity contribution in [3.8, 4) is 0 Å². The second-order valence-corrected chi connectivity index (χ2v) is 5.50. The largest absolute Gasteiger partial charge is 0.463 e.